The Morgan fingerprint density at radius 2 is 2.24 bits per heavy atom. The summed E-state index contributed by atoms with van der Waals surface area (Å²) in [5.41, 5.74) is 1.90. The minimum absolute atomic E-state index is 0.142. The third-order valence-electron chi connectivity index (χ3n) is 4.58. The van der Waals surface area contributed by atoms with Crippen LogP contribution in [-0.2, 0) is 16.0 Å². The molecule has 2 unspecified atom stereocenters. The number of fused-ring (bicyclic) bond motifs is 1. The number of rotatable bonds is 5. The van der Waals surface area contributed by atoms with Gasteiger partial charge in [0, 0.05) is 36.7 Å². The molecule has 1 N–H and O–H groups in total. The summed E-state index contributed by atoms with van der Waals surface area (Å²) in [5, 5.41) is 9.04. The number of hydrogen-bond donors (Lipinski definition) is 1. The van der Waals surface area contributed by atoms with E-state index in [9.17, 15) is 9.59 Å². The first-order chi connectivity index (χ1) is 12.0. The van der Waals surface area contributed by atoms with Gasteiger partial charge in [-0.3, -0.25) is 9.59 Å². The lowest BCUT2D eigenvalue weighted by Gasteiger charge is -2.13. The number of amides is 1. The van der Waals surface area contributed by atoms with Gasteiger partial charge >= 0.3 is 5.97 Å². The third-order valence-corrected chi connectivity index (χ3v) is 4.58. The Labute approximate surface area is 147 Å². The first-order valence-corrected chi connectivity index (χ1v) is 8.64. The molecule has 2 aliphatic rings. The number of aliphatic carboxylic acids is 1. The first-order valence-electron chi connectivity index (χ1n) is 8.64. The van der Waals surface area contributed by atoms with Crippen molar-refractivity contribution in [3.63, 3.8) is 0 Å². The van der Waals surface area contributed by atoms with Crippen LogP contribution in [0.15, 0.2) is 18.2 Å². The number of carbonyl (C=O) groups is 2. The summed E-state index contributed by atoms with van der Waals surface area (Å²) >= 11 is 0. The van der Waals surface area contributed by atoms with Crippen LogP contribution < -0.4 is 9.47 Å². The molecular formula is C19H23NO5. The second kappa shape index (κ2) is 7.17. The standard InChI is InChI=1S/C19H23NO5/c1-3-24-16-10-15-8-12(2)25-17(15)9-13(16)4-5-18(21)20-7-6-14(11-20)19(22)23/h4-5,9-10,12,14H,3,6-8,11H2,1-2H3,(H,22,23). The molecule has 134 valence electrons. The number of hydrogen-bond acceptors (Lipinski definition) is 4. The molecule has 25 heavy (non-hydrogen) atoms. The smallest absolute Gasteiger partial charge is 0.308 e. The summed E-state index contributed by atoms with van der Waals surface area (Å²) in [4.78, 5) is 24.9. The molecule has 0 bridgehead atoms. The van der Waals surface area contributed by atoms with Gasteiger partial charge in [0.25, 0.3) is 0 Å². The quantitative estimate of drug-likeness (QED) is 0.829. The van der Waals surface area contributed by atoms with E-state index in [4.69, 9.17) is 14.6 Å². The fourth-order valence-corrected chi connectivity index (χ4v) is 3.29. The number of benzene rings is 1. The van der Waals surface area contributed by atoms with E-state index in [1.165, 1.54) is 6.08 Å². The summed E-state index contributed by atoms with van der Waals surface area (Å²) < 4.78 is 11.5. The zero-order valence-corrected chi connectivity index (χ0v) is 14.5. The highest BCUT2D eigenvalue weighted by Gasteiger charge is 2.30. The third kappa shape index (κ3) is 3.78. The maximum Gasteiger partial charge on any atom is 0.308 e. The molecule has 2 heterocycles. The highest BCUT2D eigenvalue weighted by molar-refractivity contribution is 5.93. The molecule has 0 radical (unpaired) electrons. The number of carboxylic acid groups (broad SMARTS) is 1. The SMILES string of the molecule is CCOc1cc2c(cc1C=CC(=O)N1CCC(C(=O)O)C1)OC(C)C2. The van der Waals surface area contributed by atoms with Crippen LogP contribution in [0, 0.1) is 5.92 Å². The normalized spacial score (nSPS) is 22.1. The van der Waals surface area contributed by atoms with Crippen molar-refractivity contribution in [1.82, 2.24) is 4.90 Å². The summed E-state index contributed by atoms with van der Waals surface area (Å²) in [6.45, 7) is 5.22. The zero-order valence-electron chi connectivity index (χ0n) is 14.5. The average molecular weight is 345 g/mol. The van der Waals surface area contributed by atoms with E-state index in [-0.39, 0.29) is 18.6 Å². The van der Waals surface area contributed by atoms with E-state index in [2.05, 4.69) is 0 Å². The van der Waals surface area contributed by atoms with Crippen LogP contribution in [0.25, 0.3) is 6.08 Å². The Balaban J connectivity index is 1.75. The van der Waals surface area contributed by atoms with Gasteiger partial charge in [0.1, 0.15) is 17.6 Å². The molecule has 2 aliphatic heterocycles. The van der Waals surface area contributed by atoms with Gasteiger partial charge in [0.2, 0.25) is 5.91 Å². The number of nitrogens with zero attached hydrogens (tertiary/aromatic N) is 1. The fourth-order valence-electron chi connectivity index (χ4n) is 3.29. The molecule has 6 nitrogen and oxygen atoms in total. The Bertz CT molecular complexity index is 712. The Kier molecular flexibility index (Phi) is 4.97. The van der Waals surface area contributed by atoms with E-state index in [0.29, 0.717) is 19.6 Å². The van der Waals surface area contributed by atoms with Crippen LogP contribution in [0.2, 0.25) is 0 Å². The summed E-state index contributed by atoms with van der Waals surface area (Å²) in [5.74, 6) is 0.0676. The summed E-state index contributed by atoms with van der Waals surface area (Å²) in [6.07, 6.45) is 4.69. The average Bonchev–Trinajstić information content (AvgIpc) is 3.18. The molecule has 1 aromatic carbocycles. The molecular weight excluding hydrogens is 322 g/mol. The number of likely N-dealkylation sites (tertiary alicyclic amines) is 1. The maximum atomic E-state index is 12.3. The minimum atomic E-state index is -0.845. The van der Waals surface area contributed by atoms with Crippen molar-refractivity contribution in [2.24, 2.45) is 5.92 Å². The van der Waals surface area contributed by atoms with Gasteiger partial charge in [-0.05, 0) is 38.5 Å². The predicted molar refractivity (Wildman–Crippen MR) is 92.8 cm³/mol. The lowest BCUT2D eigenvalue weighted by atomic mass is 10.1. The van der Waals surface area contributed by atoms with Gasteiger partial charge in [0.05, 0.1) is 12.5 Å². The minimum Gasteiger partial charge on any atom is -0.493 e. The van der Waals surface area contributed by atoms with Crippen molar-refractivity contribution in [2.75, 3.05) is 19.7 Å². The van der Waals surface area contributed by atoms with Crippen LogP contribution in [0.4, 0.5) is 0 Å². The van der Waals surface area contributed by atoms with Crippen LogP contribution in [-0.4, -0.2) is 47.7 Å². The highest BCUT2D eigenvalue weighted by atomic mass is 16.5. The topological polar surface area (TPSA) is 76.1 Å². The molecule has 6 heteroatoms. The lowest BCUT2D eigenvalue weighted by Crippen LogP contribution is -2.28. The van der Waals surface area contributed by atoms with Crippen molar-refractivity contribution < 1.29 is 24.2 Å². The van der Waals surface area contributed by atoms with Crippen molar-refractivity contribution in [2.45, 2.75) is 32.8 Å². The highest BCUT2D eigenvalue weighted by Crippen LogP contribution is 2.35. The molecule has 1 saturated heterocycles. The largest absolute Gasteiger partial charge is 0.493 e. The van der Waals surface area contributed by atoms with Gasteiger partial charge in [-0.1, -0.05) is 0 Å². The zero-order chi connectivity index (χ0) is 18.0. The van der Waals surface area contributed by atoms with Crippen LogP contribution >= 0.6 is 0 Å². The lowest BCUT2D eigenvalue weighted by molar-refractivity contribution is -0.141. The molecule has 3 rings (SSSR count). The number of ether oxygens (including phenoxy) is 2. The van der Waals surface area contributed by atoms with E-state index >= 15 is 0 Å². The number of carboxylic acids is 1. The van der Waals surface area contributed by atoms with Gasteiger partial charge in [-0.2, -0.15) is 0 Å². The van der Waals surface area contributed by atoms with Crippen molar-refractivity contribution in [3.05, 3.63) is 29.3 Å². The molecule has 1 aromatic rings. The van der Waals surface area contributed by atoms with Gasteiger partial charge < -0.3 is 19.5 Å². The monoisotopic (exact) mass is 345 g/mol. The van der Waals surface area contributed by atoms with Gasteiger partial charge in [-0.15, -0.1) is 0 Å². The van der Waals surface area contributed by atoms with Crippen molar-refractivity contribution >= 4 is 18.0 Å². The van der Waals surface area contributed by atoms with Crippen molar-refractivity contribution in [1.29, 1.82) is 0 Å². The van der Waals surface area contributed by atoms with E-state index in [1.807, 2.05) is 26.0 Å². The molecule has 0 aliphatic carbocycles. The molecule has 1 fully saturated rings. The van der Waals surface area contributed by atoms with Crippen LogP contribution in [0.1, 0.15) is 31.4 Å². The Morgan fingerprint density at radius 1 is 1.44 bits per heavy atom. The van der Waals surface area contributed by atoms with Crippen LogP contribution in [0.3, 0.4) is 0 Å². The molecule has 2 atom stereocenters. The summed E-state index contributed by atoms with van der Waals surface area (Å²) in [7, 11) is 0. The Morgan fingerprint density at radius 3 is 2.92 bits per heavy atom. The van der Waals surface area contributed by atoms with Gasteiger partial charge in [0.15, 0.2) is 0 Å². The summed E-state index contributed by atoms with van der Waals surface area (Å²) in [6, 6.07) is 3.88. The maximum absolute atomic E-state index is 12.3. The van der Waals surface area contributed by atoms with Crippen molar-refractivity contribution in [3.8, 4) is 11.5 Å². The molecule has 0 spiro atoms. The molecule has 0 saturated carbocycles. The predicted octanol–water partition coefficient (Wildman–Crippen LogP) is 2.36. The fraction of sp³-hybridized carbons (Fsp3) is 0.474. The molecule has 0 aromatic heterocycles. The van der Waals surface area contributed by atoms with Gasteiger partial charge in [-0.25, -0.2) is 0 Å². The second-order valence-electron chi connectivity index (χ2n) is 6.50. The Hall–Kier alpha value is -2.50. The second-order valence-corrected chi connectivity index (χ2v) is 6.50. The molecule has 1 amide bonds. The van der Waals surface area contributed by atoms with E-state index < -0.39 is 11.9 Å². The number of carbonyl (C=O) groups excluding carboxylic acids is 1. The van der Waals surface area contributed by atoms with E-state index in [0.717, 1.165) is 29.0 Å². The van der Waals surface area contributed by atoms with Crippen LogP contribution in [0.5, 0.6) is 11.5 Å². The first kappa shape index (κ1) is 17.3. The van der Waals surface area contributed by atoms with E-state index in [1.54, 1.807) is 11.0 Å².